The highest BCUT2D eigenvalue weighted by Gasteiger charge is 2.44. The second-order valence-electron chi connectivity index (χ2n) is 3.26. The van der Waals surface area contributed by atoms with Crippen molar-refractivity contribution in [3.63, 3.8) is 0 Å². The average Bonchev–Trinajstić information content (AvgIpc) is 2.38. The molecule has 2 atom stereocenters. The van der Waals surface area contributed by atoms with Gasteiger partial charge >= 0.3 is 5.97 Å². The molecule has 0 radical (unpaired) electrons. The van der Waals surface area contributed by atoms with Gasteiger partial charge in [0.2, 0.25) is 0 Å². The Morgan fingerprint density at radius 1 is 1.27 bits per heavy atom. The molecule has 0 aromatic carbocycles. The number of fused-ring (bicyclic) bond motifs is 1. The van der Waals surface area contributed by atoms with Crippen molar-refractivity contribution in [2.24, 2.45) is 11.8 Å². The average molecular weight is 150 g/mol. The van der Waals surface area contributed by atoms with Crippen molar-refractivity contribution >= 4 is 5.97 Å². The van der Waals surface area contributed by atoms with Gasteiger partial charge in [0.05, 0.1) is 5.92 Å². The first-order chi connectivity index (χ1) is 5.18. The van der Waals surface area contributed by atoms with Crippen LogP contribution in [0.1, 0.15) is 12.8 Å². The van der Waals surface area contributed by atoms with E-state index in [4.69, 9.17) is 4.74 Å². The van der Waals surface area contributed by atoms with E-state index >= 15 is 0 Å². The van der Waals surface area contributed by atoms with Crippen LogP contribution in [0.3, 0.4) is 0 Å². The standard InChI is InChI=1S/C9H10O2/c1-5-3-7-6(2)11-9(10)8(7)4-5/h7-8H,1-4H2. The van der Waals surface area contributed by atoms with Crippen LogP contribution in [0.2, 0.25) is 0 Å². The number of allylic oxidation sites excluding steroid dienone is 2. The van der Waals surface area contributed by atoms with E-state index in [1.807, 2.05) is 0 Å². The summed E-state index contributed by atoms with van der Waals surface area (Å²) in [4.78, 5) is 11.1. The smallest absolute Gasteiger partial charge is 0.315 e. The van der Waals surface area contributed by atoms with E-state index in [0.717, 1.165) is 18.4 Å². The summed E-state index contributed by atoms with van der Waals surface area (Å²) < 4.78 is 4.90. The Labute approximate surface area is 65.5 Å². The lowest BCUT2D eigenvalue weighted by Crippen LogP contribution is -2.07. The number of carbonyl (C=O) groups is 1. The first kappa shape index (κ1) is 6.65. The maximum atomic E-state index is 11.1. The van der Waals surface area contributed by atoms with Crippen molar-refractivity contribution in [2.45, 2.75) is 12.8 Å². The van der Waals surface area contributed by atoms with Crippen LogP contribution in [0.5, 0.6) is 0 Å². The van der Waals surface area contributed by atoms with Crippen molar-refractivity contribution in [1.82, 2.24) is 0 Å². The fourth-order valence-electron chi connectivity index (χ4n) is 1.86. The van der Waals surface area contributed by atoms with Crippen LogP contribution in [0.25, 0.3) is 0 Å². The number of hydrogen-bond donors (Lipinski definition) is 0. The molecule has 2 heteroatoms. The minimum atomic E-state index is -0.112. The van der Waals surface area contributed by atoms with E-state index in [2.05, 4.69) is 13.2 Å². The van der Waals surface area contributed by atoms with Gasteiger partial charge in [-0.1, -0.05) is 18.7 Å². The molecule has 11 heavy (non-hydrogen) atoms. The predicted molar refractivity (Wildman–Crippen MR) is 40.6 cm³/mol. The molecule has 0 aromatic rings. The molecule has 2 aliphatic rings. The molecule has 2 unspecified atom stereocenters. The summed E-state index contributed by atoms with van der Waals surface area (Å²) in [5, 5.41) is 0. The highest BCUT2D eigenvalue weighted by molar-refractivity contribution is 5.78. The van der Waals surface area contributed by atoms with Crippen LogP contribution in [0, 0.1) is 11.8 Å². The van der Waals surface area contributed by atoms with E-state index in [0.29, 0.717) is 5.76 Å². The quantitative estimate of drug-likeness (QED) is 0.387. The van der Waals surface area contributed by atoms with Gasteiger partial charge < -0.3 is 4.74 Å². The summed E-state index contributed by atoms with van der Waals surface area (Å²) in [5.74, 6) is 0.794. The maximum absolute atomic E-state index is 11.1. The highest BCUT2D eigenvalue weighted by atomic mass is 16.5. The van der Waals surface area contributed by atoms with E-state index in [9.17, 15) is 4.79 Å². The molecule has 2 nitrogen and oxygen atoms in total. The third-order valence-electron chi connectivity index (χ3n) is 2.45. The minimum absolute atomic E-state index is 0.0370. The van der Waals surface area contributed by atoms with E-state index in [1.54, 1.807) is 0 Å². The number of hydrogen-bond acceptors (Lipinski definition) is 2. The lowest BCUT2D eigenvalue weighted by Gasteiger charge is -2.00. The summed E-state index contributed by atoms with van der Waals surface area (Å²) in [6, 6.07) is 0. The van der Waals surface area contributed by atoms with Gasteiger partial charge in [-0.3, -0.25) is 4.79 Å². The molecule has 2 rings (SSSR count). The van der Waals surface area contributed by atoms with Gasteiger partial charge in [0.1, 0.15) is 5.76 Å². The molecule has 0 amide bonds. The number of cyclic esters (lactones) is 1. The first-order valence-corrected chi connectivity index (χ1v) is 3.75. The van der Waals surface area contributed by atoms with Crippen LogP contribution in [0.4, 0.5) is 0 Å². The fraction of sp³-hybridized carbons (Fsp3) is 0.444. The molecule has 1 saturated heterocycles. The monoisotopic (exact) mass is 150 g/mol. The normalized spacial score (nSPS) is 35.8. The lowest BCUT2D eigenvalue weighted by atomic mass is 9.98. The molecule has 0 bridgehead atoms. The van der Waals surface area contributed by atoms with Crippen molar-refractivity contribution in [3.05, 3.63) is 24.5 Å². The van der Waals surface area contributed by atoms with Gasteiger partial charge in [-0.05, 0) is 12.8 Å². The number of esters is 1. The highest BCUT2D eigenvalue weighted by Crippen LogP contribution is 2.44. The third-order valence-corrected chi connectivity index (χ3v) is 2.45. The fourth-order valence-corrected chi connectivity index (χ4v) is 1.86. The molecule has 1 saturated carbocycles. The Balaban J connectivity index is 2.29. The summed E-state index contributed by atoms with van der Waals surface area (Å²) in [7, 11) is 0. The van der Waals surface area contributed by atoms with Crippen molar-refractivity contribution in [3.8, 4) is 0 Å². The SMILES string of the molecule is C=C1CC2C(=C)OC(=O)C2C1. The molecule has 0 N–H and O–H groups in total. The van der Waals surface area contributed by atoms with Gasteiger partial charge in [0, 0.05) is 5.92 Å². The van der Waals surface area contributed by atoms with E-state index < -0.39 is 0 Å². The first-order valence-electron chi connectivity index (χ1n) is 3.75. The molecular formula is C9H10O2. The van der Waals surface area contributed by atoms with Crippen molar-refractivity contribution in [1.29, 1.82) is 0 Å². The number of ether oxygens (including phenoxy) is 1. The Bertz CT molecular complexity index is 228. The van der Waals surface area contributed by atoms with Crippen LogP contribution in [0.15, 0.2) is 24.5 Å². The zero-order valence-corrected chi connectivity index (χ0v) is 6.30. The number of rotatable bonds is 0. The largest absolute Gasteiger partial charge is 0.431 e. The van der Waals surface area contributed by atoms with E-state index in [1.165, 1.54) is 0 Å². The van der Waals surface area contributed by atoms with E-state index in [-0.39, 0.29) is 17.8 Å². The number of carbonyl (C=O) groups excluding carboxylic acids is 1. The van der Waals surface area contributed by atoms with Gasteiger partial charge in [-0.25, -0.2) is 0 Å². The molecule has 2 fully saturated rings. The Kier molecular flexibility index (Phi) is 1.19. The zero-order valence-electron chi connectivity index (χ0n) is 6.30. The van der Waals surface area contributed by atoms with Gasteiger partial charge in [0.15, 0.2) is 0 Å². The molecular weight excluding hydrogens is 140 g/mol. The predicted octanol–water partition coefficient (Wildman–Crippen LogP) is 1.64. The lowest BCUT2D eigenvalue weighted by molar-refractivity contribution is -0.138. The summed E-state index contributed by atoms with van der Waals surface area (Å²) in [6.45, 7) is 7.55. The van der Waals surface area contributed by atoms with Crippen molar-refractivity contribution < 1.29 is 9.53 Å². The van der Waals surface area contributed by atoms with Crippen LogP contribution in [-0.2, 0) is 9.53 Å². The van der Waals surface area contributed by atoms with Crippen LogP contribution < -0.4 is 0 Å². The Hall–Kier alpha value is -1.05. The Morgan fingerprint density at radius 2 is 1.91 bits per heavy atom. The third kappa shape index (κ3) is 0.821. The van der Waals surface area contributed by atoms with Crippen molar-refractivity contribution in [2.75, 3.05) is 0 Å². The molecule has 1 aliphatic carbocycles. The topological polar surface area (TPSA) is 26.3 Å². The van der Waals surface area contributed by atoms with Gasteiger partial charge in [-0.15, -0.1) is 0 Å². The summed E-state index contributed by atoms with van der Waals surface area (Å²) >= 11 is 0. The molecule has 0 spiro atoms. The van der Waals surface area contributed by atoms with Gasteiger partial charge in [-0.2, -0.15) is 0 Å². The second-order valence-corrected chi connectivity index (χ2v) is 3.26. The second kappa shape index (κ2) is 1.97. The summed E-state index contributed by atoms with van der Waals surface area (Å²) in [6.07, 6.45) is 1.68. The van der Waals surface area contributed by atoms with Gasteiger partial charge in [0.25, 0.3) is 0 Å². The molecule has 1 aliphatic heterocycles. The maximum Gasteiger partial charge on any atom is 0.315 e. The van der Waals surface area contributed by atoms with Crippen LogP contribution >= 0.6 is 0 Å². The zero-order chi connectivity index (χ0) is 8.01. The van der Waals surface area contributed by atoms with Crippen LogP contribution in [-0.4, -0.2) is 5.97 Å². The molecule has 58 valence electrons. The Morgan fingerprint density at radius 3 is 2.55 bits per heavy atom. The summed E-state index contributed by atoms with van der Waals surface area (Å²) in [5.41, 5.74) is 1.15. The molecule has 1 heterocycles. The molecule has 0 aromatic heterocycles. The minimum Gasteiger partial charge on any atom is -0.431 e.